The van der Waals surface area contributed by atoms with Gasteiger partial charge in [-0.15, -0.1) is 0 Å². The van der Waals surface area contributed by atoms with Crippen LogP contribution in [-0.2, 0) is 13.2 Å². The number of hydrogen-bond acceptors (Lipinski definition) is 3. The van der Waals surface area contributed by atoms with Gasteiger partial charge in [0.15, 0.2) is 0 Å². The van der Waals surface area contributed by atoms with Gasteiger partial charge in [-0.1, -0.05) is 0 Å². The quantitative estimate of drug-likeness (QED) is 0.673. The first-order valence-electron chi connectivity index (χ1n) is 4.30. The maximum atomic E-state index is 12.7. The first kappa shape index (κ1) is 10.7. The van der Waals surface area contributed by atoms with Gasteiger partial charge in [0, 0.05) is 12.6 Å². The van der Waals surface area contributed by atoms with Crippen molar-refractivity contribution in [1.82, 2.24) is 19.2 Å². The van der Waals surface area contributed by atoms with E-state index in [9.17, 15) is 18.0 Å². The average Bonchev–Trinajstić information content (AvgIpc) is 2.47. The second kappa shape index (κ2) is 3.06. The summed E-state index contributed by atoms with van der Waals surface area (Å²) in [5, 5.41) is 3.63. The van der Waals surface area contributed by atoms with Crippen LogP contribution in [0.4, 0.5) is 13.2 Å². The molecule has 0 atom stereocenters. The Labute approximate surface area is 87.1 Å². The van der Waals surface area contributed by atoms with Crippen molar-refractivity contribution < 1.29 is 13.2 Å². The molecule has 0 unspecified atom stereocenters. The number of fused-ring (bicyclic) bond motifs is 1. The summed E-state index contributed by atoms with van der Waals surface area (Å²) < 4.78 is 40.1. The molecule has 86 valence electrons. The first-order valence-corrected chi connectivity index (χ1v) is 4.30. The highest BCUT2D eigenvalue weighted by Gasteiger charge is 2.37. The minimum atomic E-state index is -4.61. The first-order chi connectivity index (χ1) is 7.32. The van der Waals surface area contributed by atoms with Crippen molar-refractivity contribution in [2.45, 2.75) is 13.1 Å². The Balaban J connectivity index is 3.00. The second-order valence-corrected chi connectivity index (χ2v) is 3.31. The maximum Gasteiger partial charge on any atom is 0.432 e. The predicted octanol–water partition coefficient (Wildman–Crippen LogP) is 0.755. The van der Waals surface area contributed by atoms with Gasteiger partial charge >= 0.3 is 6.18 Å². The fourth-order valence-electron chi connectivity index (χ4n) is 1.48. The summed E-state index contributed by atoms with van der Waals surface area (Å²) in [5.74, 6) is -0.136. The highest BCUT2D eigenvalue weighted by atomic mass is 19.4. The van der Waals surface area contributed by atoms with Gasteiger partial charge in [0.25, 0.3) is 5.56 Å². The maximum absolute atomic E-state index is 12.7. The zero-order valence-electron chi connectivity index (χ0n) is 8.41. The molecular formula is C8H7F3N4O. The van der Waals surface area contributed by atoms with E-state index < -0.39 is 23.0 Å². The fraction of sp³-hybridized carbons (Fsp3) is 0.375. The Kier molecular flexibility index (Phi) is 2.04. The normalized spacial score (nSPS) is 12.3. The van der Waals surface area contributed by atoms with E-state index >= 15 is 0 Å². The lowest BCUT2D eigenvalue weighted by molar-refractivity contribution is -0.142. The minimum Gasteiger partial charge on any atom is -0.267 e. The average molecular weight is 232 g/mol. The summed E-state index contributed by atoms with van der Waals surface area (Å²) in [4.78, 5) is 14.8. The summed E-state index contributed by atoms with van der Waals surface area (Å²) in [7, 11) is 1.41. The smallest absolute Gasteiger partial charge is 0.267 e. The summed E-state index contributed by atoms with van der Waals surface area (Å²) >= 11 is 0. The Hall–Kier alpha value is -1.86. The molecule has 0 aliphatic rings. The Morgan fingerprint density at radius 3 is 2.56 bits per heavy atom. The molecule has 2 rings (SSSR count). The molecule has 0 aliphatic heterocycles. The van der Waals surface area contributed by atoms with Crippen LogP contribution >= 0.6 is 0 Å². The molecule has 0 N–H and O–H groups in total. The van der Waals surface area contributed by atoms with Crippen LogP contribution in [0.3, 0.4) is 0 Å². The Bertz CT molecular complexity index is 610. The van der Waals surface area contributed by atoms with Crippen molar-refractivity contribution >= 4 is 5.78 Å². The highest BCUT2D eigenvalue weighted by molar-refractivity contribution is 5.34. The van der Waals surface area contributed by atoms with Gasteiger partial charge in [-0.3, -0.25) is 9.20 Å². The van der Waals surface area contributed by atoms with Crippen LogP contribution in [0.15, 0.2) is 11.1 Å². The Morgan fingerprint density at radius 1 is 1.38 bits per heavy atom. The van der Waals surface area contributed by atoms with Gasteiger partial charge in [-0.2, -0.15) is 23.3 Å². The van der Waals surface area contributed by atoms with Crippen molar-refractivity contribution in [2.24, 2.45) is 7.05 Å². The van der Waals surface area contributed by atoms with Crippen LogP contribution < -0.4 is 5.56 Å². The number of nitrogens with zero attached hydrogens (tertiary/aromatic N) is 4. The third-order valence-corrected chi connectivity index (χ3v) is 2.23. The molecule has 5 nitrogen and oxygen atoms in total. The molecule has 0 bridgehead atoms. The van der Waals surface area contributed by atoms with E-state index in [4.69, 9.17) is 0 Å². The standard InChI is InChI=1S/C8H7F3N4O/c1-4-5(8(9,10)11)15-3-12-14(2)7(15)13-6(4)16/h3H,1-2H3. The number of hydrogen-bond donors (Lipinski definition) is 0. The molecule has 16 heavy (non-hydrogen) atoms. The number of rotatable bonds is 0. The van der Waals surface area contributed by atoms with E-state index in [-0.39, 0.29) is 5.78 Å². The summed E-state index contributed by atoms with van der Waals surface area (Å²) in [6, 6.07) is 0. The molecule has 0 fully saturated rings. The van der Waals surface area contributed by atoms with Crippen LogP contribution in [-0.4, -0.2) is 19.2 Å². The number of halogens is 3. The van der Waals surface area contributed by atoms with E-state index in [0.717, 1.165) is 22.3 Å². The number of aromatic nitrogens is 4. The summed E-state index contributed by atoms with van der Waals surface area (Å²) in [5.41, 5.74) is -2.36. The van der Waals surface area contributed by atoms with Crippen molar-refractivity contribution in [3.8, 4) is 0 Å². The van der Waals surface area contributed by atoms with Gasteiger partial charge in [-0.25, -0.2) is 4.68 Å². The van der Waals surface area contributed by atoms with Crippen molar-refractivity contribution in [2.75, 3.05) is 0 Å². The van der Waals surface area contributed by atoms with Crippen LogP contribution in [0.25, 0.3) is 5.78 Å². The van der Waals surface area contributed by atoms with Crippen molar-refractivity contribution in [1.29, 1.82) is 0 Å². The monoisotopic (exact) mass is 232 g/mol. The minimum absolute atomic E-state index is 0.136. The molecule has 0 amide bonds. The molecule has 2 aromatic heterocycles. The van der Waals surface area contributed by atoms with Gasteiger partial charge < -0.3 is 0 Å². The van der Waals surface area contributed by atoms with E-state index in [0.29, 0.717) is 0 Å². The van der Waals surface area contributed by atoms with E-state index in [1.54, 1.807) is 0 Å². The Morgan fingerprint density at radius 2 is 2.00 bits per heavy atom. The second-order valence-electron chi connectivity index (χ2n) is 3.31. The van der Waals surface area contributed by atoms with Gasteiger partial charge in [0.1, 0.15) is 12.0 Å². The molecular weight excluding hydrogens is 225 g/mol. The van der Waals surface area contributed by atoms with Crippen LogP contribution in [0.5, 0.6) is 0 Å². The SMILES string of the molecule is Cc1c(C(F)(F)F)n2cnn(C)c2nc1=O. The van der Waals surface area contributed by atoms with Gasteiger partial charge in [0.2, 0.25) is 5.78 Å². The largest absolute Gasteiger partial charge is 0.432 e. The third kappa shape index (κ3) is 1.37. The predicted molar refractivity (Wildman–Crippen MR) is 48.0 cm³/mol. The van der Waals surface area contributed by atoms with Crippen LogP contribution in [0.1, 0.15) is 11.3 Å². The van der Waals surface area contributed by atoms with Crippen LogP contribution in [0, 0.1) is 6.92 Å². The fourth-order valence-corrected chi connectivity index (χ4v) is 1.48. The lowest BCUT2D eigenvalue weighted by Gasteiger charge is -2.10. The van der Waals surface area contributed by atoms with E-state index in [1.165, 1.54) is 7.05 Å². The third-order valence-electron chi connectivity index (χ3n) is 2.23. The van der Waals surface area contributed by atoms with E-state index in [2.05, 4.69) is 10.1 Å². The molecule has 0 saturated carbocycles. The molecule has 2 heterocycles. The summed E-state index contributed by atoms with van der Waals surface area (Å²) in [6.45, 7) is 1.09. The lowest BCUT2D eigenvalue weighted by Crippen LogP contribution is -2.23. The number of aryl methyl sites for hydroxylation is 1. The molecule has 0 saturated heterocycles. The molecule has 0 spiro atoms. The molecule has 0 radical (unpaired) electrons. The zero-order chi connectivity index (χ0) is 12.1. The van der Waals surface area contributed by atoms with Gasteiger partial charge in [0.05, 0.1) is 0 Å². The van der Waals surface area contributed by atoms with Crippen LogP contribution in [0.2, 0.25) is 0 Å². The molecule has 0 aliphatic carbocycles. The highest BCUT2D eigenvalue weighted by Crippen LogP contribution is 2.30. The van der Waals surface area contributed by atoms with Crippen molar-refractivity contribution in [3.05, 3.63) is 27.9 Å². The molecule has 0 aromatic carbocycles. The molecule has 2 aromatic rings. The summed E-state index contributed by atoms with van der Waals surface area (Å²) in [6.07, 6.45) is -3.63. The van der Waals surface area contributed by atoms with E-state index in [1.807, 2.05) is 0 Å². The molecule has 8 heteroatoms. The lowest BCUT2D eigenvalue weighted by atomic mass is 10.2. The van der Waals surface area contributed by atoms with Gasteiger partial charge in [-0.05, 0) is 6.92 Å². The van der Waals surface area contributed by atoms with Crippen molar-refractivity contribution in [3.63, 3.8) is 0 Å². The zero-order valence-corrected chi connectivity index (χ0v) is 8.41. The number of alkyl halides is 3. The topological polar surface area (TPSA) is 52.2 Å².